The van der Waals surface area contributed by atoms with Crippen molar-refractivity contribution in [3.05, 3.63) is 23.9 Å². The van der Waals surface area contributed by atoms with Gasteiger partial charge in [0.2, 0.25) is 5.91 Å². The van der Waals surface area contributed by atoms with E-state index in [1.807, 2.05) is 26.2 Å². The molecule has 1 fully saturated rings. The quantitative estimate of drug-likeness (QED) is 0.818. The van der Waals surface area contributed by atoms with Crippen LogP contribution >= 0.6 is 0 Å². The Hall–Kier alpha value is -1.62. The molecule has 1 aliphatic heterocycles. The van der Waals surface area contributed by atoms with E-state index in [1.54, 1.807) is 0 Å². The predicted octanol–water partition coefficient (Wildman–Crippen LogP) is 1.15. The van der Waals surface area contributed by atoms with Gasteiger partial charge in [-0.2, -0.15) is 0 Å². The van der Waals surface area contributed by atoms with Crippen molar-refractivity contribution in [2.24, 2.45) is 5.92 Å². The molecule has 1 aromatic heterocycles. The number of pyridine rings is 1. The summed E-state index contributed by atoms with van der Waals surface area (Å²) in [5, 5.41) is 5.99. The van der Waals surface area contributed by atoms with Crippen molar-refractivity contribution in [1.82, 2.24) is 15.6 Å². The lowest BCUT2D eigenvalue weighted by Crippen LogP contribution is -2.33. The average molecular weight is 276 g/mol. The first-order valence-corrected chi connectivity index (χ1v) is 7.33. The van der Waals surface area contributed by atoms with Crippen LogP contribution < -0.4 is 15.5 Å². The Morgan fingerprint density at radius 1 is 1.45 bits per heavy atom. The van der Waals surface area contributed by atoms with Gasteiger partial charge in [0.05, 0.1) is 0 Å². The molecule has 1 aromatic rings. The molecule has 2 heterocycles. The highest BCUT2D eigenvalue weighted by molar-refractivity contribution is 5.78. The highest BCUT2D eigenvalue weighted by Gasteiger charge is 2.14. The molecule has 1 atom stereocenters. The molecule has 5 nitrogen and oxygen atoms in total. The van der Waals surface area contributed by atoms with Crippen LogP contribution in [0.4, 0.5) is 5.82 Å². The third-order valence-corrected chi connectivity index (χ3v) is 3.66. The second-order valence-electron chi connectivity index (χ2n) is 5.39. The van der Waals surface area contributed by atoms with Crippen LogP contribution in [0.2, 0.25) is 0 Å². The number of hydrogen-bond donors (Lipinski definition) is 2. The van der Waals surface area contributed by atoms with Gasteiger partial charge in [0, 0.05) is 38.3 Å². The van der Waals surface area contributed by atoms with Crippen molar-refractivity contribution < 1.29 is 4.79 Å². The summed E-state index contributed by atoms with van der Waals surface area (Å²) >= 11 is 0. The van der Waals surface area contributed by atoms with Gasteiger partial charge in [0.1, 0.15) is 5.82 Å². The van der Waals surface area contributed by atoms with Crippen LogP contribution in [0.15, 0.2) is 18.3 Å². The summed E-state index contributed by atoms with van der Waals surface area (Å²) in [6.45, 7) is 5.36. The van der Waals surface area contributed by atoms with E-state index in [9.17, 15) is 4.79 Å². The molecule has 0 spiro atoms. The molecule has 0 bridgehead atoms. The monoisotopic (exact) mass is 276 g/mol. The summed E-state index contributed by atoms with van der Waals surface area (Å²) in [6.07, 6.45) is 4.31. The molecule has 2 rings (SSSR count). The van der Waals surface area contributed by atoms with Crippen molar-refractivity contribution >= 4 is 11.7 Å². The lowest BCUT2D eigenvalue weighted by Gasteiger charge is -2.17. The van der Waals surface area contributed by atoms with Crippen molar-refractivity contribution in [1.29, 1.82) is 0 Å². The van der Waals surface area contributed by atoms with Crippen LogP contribution in [-0.4, -0.2) is 37.6 Å². The first-order chi connectivity index (χ1) is 9.70. The molecule has 5 heteroatoms. The van der Waals surface area contributed by atoms with Gasteiger partial charge in [-0.3, -0.25) is 4.79 Å². The van der Waals surface area contributed by atoms with Crippen LogP contribution in [0.3, 0.4) is 0 Å². The van der Waals surface area contributed by atoms with Gasteiger partial charge in [-0.05, 0) is 37.6 Å². The second-order valence-corrected chi connectivity index (χ2v) is 5.39. The SMILES string of the molecule is CNCC(C)C(=O)NCc1ccnc(N2CCCC2)c1. The highest BCUT2D eigenvalue weighted by atomic mass is 16.1. The summed E-state index contributed by atoms with van der Waals surface area (Å²) in [5.74, 6) is 1.09. The van der Waals surface area contributed by atoms with E-state index in [2.05, 4.69) is 26.6 Å². The Balaban J connectivity index is 1.89. The van der Waals surface area contributed by atoms with Gasteiger partial charge < -0.3 is 15.5 Å². The second kappa shape index (κ2) is 7.24. The maximum Gasteiger partial charge on any atom is 0.224 e. The molecule has 1 unspecified atom stereocenters. The number of aromatic nitrogens is 1. The Morgan fingerprint density at radius 2 is 2.20 bits per heavy atom. The largest absolute Gasteiger partial charge is 0.357 e. The third kappa shape index (κ3) is 3.93. The van der Waals surface area contributed by atoms with Crippen molar-refractivity contribution in [3.63, 3.8) is 0 Å². The van der Waals surface area contributed by atoms with E-state index < -0.39 is 0 Å². The minimum atomic E-state index is -0.0140. The van der Waals surface area contributed by atoms with E-state index in [0.717, 1.165) is 24.5 Å². The molecule has 0 radical (unpaired) electrons. The van der Waals surface area contributed by atoms with E-state index >= 15 is 0 Å². The van der Waals surface area contributed by atoms with E-state index in [4.69, 9.17) is 0 Å². The number of carbonyl (C=O) groups excluding carboxylic acids is 1. The zero-order valence-corrected chi connectivity index (χ0v) is 12.4. The normalized spacial score (nSPS) is 16.2. The Morgan fingerprint density at radius 3 is 2.90 bits per heavy atom. The van der Waals surface area contributed by atoms with Crippen LogP contribution in [0.25, 0.3) is 0 Å². The summed E-state index contributed by atoms with van der Waals surface area (Å²) in [7, 11) is 1.86. The zero-order valence-electron chi connectivity index (χ0n) is 12.4. The maximum absolute atomic E-state index is 11.9. The molecule has 0 aromatic carbocycles. The summed E-state index contributed by atoms with van der Waals surface area (Å²) in [6, 6.07) is 4.04. The number of nitrogens with one attached hydrogen (secondary N) is 2. The first kappa shape index (κ1) is 14.8. The number of amides is 1. The molecule has 1 amide bonds. The van der Waals surface area contributed by atoms with Gasteiger partial charge in [0.25, 0.3) is 0 Å². The number of hydrogen-bond acceptors (Lipinski definition) is 4. The van der Waals surface area contributed by atoms with E-state index in [0.29, 0.717) is 13.1 Å². The lowest BCUT2D eigenvalue weighted by atomic mass is 10.1. The molecule has 1 saturated heterocycles. The maximum atomic E-state index is 11.9. The minimum Gasteiger partial charge on any atom is -0.357 e. The van der Waals surface area contributed by atoms with E-state index in [1.165, 1.54) is 12.8 Å². The number of rotatable bonds is 6. The predicted molar refractivity (Wildman–Crippen MR) is 80.6 cm³/mol. The summed E-state index contributed by atoms with van der Waals surface area (Å²) in [4.78, 5) is 18.6. The Kier molecular flexibility index (Phi) is 5.35. The molecule has 20 heavy (non-hydrogen) atoms. The summed E-state index contributed by atoms with van der Waals surface area (Å²) in [5.41, 5.74) is 1.10. The van der Waals surface area contributed by atoms with Gasteiger partial charge in [-0.1, -0.05) is 6.92 Å². The Labute approximate surface area is 120 Å². The minimum absolute atomic E-state index is 0.0140. The third-order valence-electron chi connectivity index (χ3n) is 3.66. The van der Waals surface area contributed by atoms with Crippen LogP contribution in [0.1, 0.15) is 25.3 Å². The summed E-state index contributed by atoms with van der Waals surface area (Å²) < 4.78 is 0. The van der Waals surface area contributed by atoms with Gasteiger partial charge in [-0.25, -0.2) is 4.98 Å². The molecule has 1 aliphatic rings. The van der Waals surface area contributed by atoms with Gasteiger partial charge in [-0.15, -0.1) is 0 Å². The fraction of sp³-hybridized carbons (Fsp3) is 0.600. The highest BCUT2D eigenvalue weighted by Crippen LogP contribution is 2.18. The lowest BCUT2D eigenvalue weighted by molar-refractivity contribution is -0.124. The van der Waals surface area contributed by atoms with Crippen molar-refractivity contribution in [3.8, 4) is 0 Å². The van der Waals surface area contributed by atoms with E-state index in [-0.39, 0.29) is 11.8 Å². The number of nitrogens with zero attached hydrogens (tertiary/aromatic N) is 2. The fourth-order valence-electron chi connectivity index (χ4n) is 2.45. The smallest absolute Gasteiger partial charge is 0.224 e. The van der Waals surface area contributed by atoms with Gasteiger partial charge >= 0.3 is 0 Å². The van der Waals surface area contributed by atoms with Crippen LogP contribution in [0, 0.1) is 5.92 Å². The number of anilines is 1. The van der Waals surface area contributed by atoms with Crippen LogP contribution in [-0.2, 0) is 11.3 Å². The number of carbonyl (C=O) groups is 1. The molecule has 2 N–H and O–H groups in total. The molecule has 0 aliphatic carbocycles. The molecular formula is C15H24N4O. The Bertz CT molecular complexity index is 443. The van der Waals surface area contributed by atoms with Gasteiger partial charge in [0.15, 0.2) is 0 Å². The topological polar surface area (TPSA) is 57.3 Å². The first-order valence-electron chi connectivity index (χ1n) is 7.33. The molecular weight excluding hydrogens is 252 g/mol. The standard InChI is InChI=1S/C15H24N4O/c1-12(10-16-2)15(20)18-11-13-5-6-17-14(9-13)19-7-3-4-8-19/h5-6,9,12,16H,3-4,7-8,10-11H2,1-2H3,(H,18,20). The fourth-order valence-corrected chi connectivity index (χ4v) is 2.45. The van der Waals surface area contributed by atoms with Crippen molar-refractivity contribution in [2.75, 3.05) is 31.6 Å². The van der Waals surface area contributed by atoms with Crippen molar-refractivity contribution in [2.45, 2.75) is 26.3 Å². The molecule has 110 valence electrons. The zero-order chi connectivity index (χ0) is 14.4. The molecule has 0 saturated carbocycles. The average Bonchev–Trinajstić information content (AvgIpc) is 2.99. The van der Waals surface area contributed by atoms with Crippen LogP contribution in [0.5, 0.6) is 0 Å².